The molecule has 31 heavy (non-hydrogen) atoms. The number of halogens is 2. The number of carboxylic acids is 1. The van der Waals surface area contributed by atoms with Crippen LogP contribution in [0.4, 0.5) is 5.69 Å². The third-order valence-corrected chi connectivity index (χ3v) is 6.41. The van der Waals surface area contributed by atoms with Crippen LogP contribution in [-0.2, 0) is 9.47 Å². The first kappa shape index (κ1) is 21.8. The number of ether oxygens (including phenoxy) is 2. The molecule has 1 aliphatic heterocycles. The van der Waals surface area contributed by atoms with Crippen LogP contribution < -0.4 is 5.32 Å². The van der Waals surface area contributed by atoms with E-state index in [1.165, 1.54) is 12.1 Å². The number of aromatic carboxylic acids is 1. The largest absolute Gasteiger partial charge is 0.477 e. The molecule has 0 aliphatic carbocycles. The van der Waals surface area contributed by atoms with Crippen LogP contribution in [0.25, 0.3) is 10.4 Å². The van der Waals surface area contributed by atoms with Gasteiger partial charge in [0.1, 0.15) is 10.9 Å². The van der Waals surface area contributed by atoms with Gasteiger partial charge in [-0.25, -0.2) is 4.79 Å². The van der Waals surface area contributed by atoms with Gasteiger partial charge in [0.15, 0.2) is 12.1 Å². The van der Waals surface area contributed by atoms with Crippen molar-refractivity contribution >= 4 is 52.0 Å². The minimum atomic E-state index is -1.10. The molecule has 1 aliphatic rings. The maximum atomic E-state index is 13.3. The van der Waals surface area contributed by atoms with E-state index in [9.17, 15) is 14.7 Å². The highest BCUT2D eigenvalue weighted by Crippen LogP contribution is 2.36. The number of thiophene rings is 1. The summed E-state index contributed by atoms with van der Waals surface area (Å²) >= 11 is 13.3. The van der Waals surface area contributed by atoms with Crippen molar-refractivity contribution in [1.29, 1.82) is 0 Å². The molecule has 2 heterocycles. The van der Waals surface area contributed by atoms with Crippen molar-refractivity contribution in [3.63, 3.8) is 0 Å². The molecule has 0 amide bonds. The topological polar surface area (TPSA) is 84.9 Å². The zero-order valence-electron chi connectivity index (χ0n) is 16.0. The van der Waals surface area contributed by atoms with E-state index in [4.69, 9.17) is 32.7 Å². The van der Waals surface area contributed by atoms with Gasteiger partial charge in [0.05, 0.1) is 23.9 Å². The second kappa shape index (κ2) is 9.38. The number of carbonyl (C=O) groups is 2. The van der Waals surface area contributed by atoms with Crippen LogP contribution in [-0.4, -0.2) is 42.4 Å². The second-order valence-electron chi connectivity index (χ2n) is 6.75. The van der Waals surface area contributed by atoms with Crippen LogP contribution in [0.1, 0.15) is 20.0 Å². The van der Waals surface area contributed by atoms with Gasteiger partial charge < -0.3 is 19.9 Å². The minimum Gasteiger partial charge on any atom is -0.477 e. The van der Waals surface area contributed by atoms with Gasteiger partial charge in [-0.05, 0) is 29.8 Å². The van der Waals surface area contributed by atoms with Gasteiger partial charge >= 0.3 is 5.97 Å². The first-order chi connectivity index (χ1) is 14.9. The van der Waals surface area contributed by atoms with E-state index in [2.05, 4.69) is 5.32 Å². The Hall–Kier alpha value is -2.42. The normalized spacial score (nSPS) is 15.0. The number of hydrogen-bond acceptors (Lipinski definition) is 6. The van der Waals surface area contributed by atoms with Crippen molar-refractivity contribution in [1.82, 2.24) is 0 Å². The lowest BCUT2D eigenvalue weighted by molar-refractivity contribution is -0.0476. The molecule has 1 fully saturated rings. The molecule has 1 saturated heterocycles. The van der Waals surface area contributed by atoms with Crippen LogP contribution in [0.3, 0.4) is 0 Å². The molecule has 9 heteroatoms. The summed E-state index contributed by atoms with van der Waals surface area (Å²) in [5, 5.41) is 13.4. The fourth-order valence-electron chi connectivity index (χ4n) is 3.25. The predicted octanol–water partition coefficient (Wildman–Crippen LogP) is 5.46. The molecule has 0 saturated carbocycles. The molecule has 0 bridgehead atoms. The molecule has 4 rings (SSSR count). The molecule has 160 valence electrons. The molecule has 0 spiro atoms. The summed E-state index contributed by atoms with van der Waals surface area (Å²) in [6.45, 7) is 0.657. The first-order valence-electron chi connectivity index (χ1n) is 9.35. The smallest absolute Gasteiger partial charge is 0.348 e. The van der Waals surface area contributed by atoms with Crippen molar-refractivity contribution in [3.8, 4) is 10.4 Å². The van der Waals surface area contributed by atoms with E-state index in [1.807, 2.05) is 30.3 Å². The number of carboxylic acid groups (broad SMARTS) is 1. The zero-order chi connectivity index (χ0) is 22.0. The van der Waals surface area contributed by atoms with Gasteiger partial charge in [-0.3, -0.25) is 4.79 Å². The molecule has 6 nitrogen and oxygen atoms in total. The number of carbonyl (C=O) groups excluding carboxylic acids is 1. The Morgan fingerprint density at radius 2 is 1.77 bits per heavy atom. The fraction of sp³-hybridized carbons (Fsp3) is 0.182. The Labute approximate surface area is 192 Å². The third-order valence-electron chi connectivity index (χ3n) is 4.69. The highest BCUT2D eigenvalue weighted by atomic mass is 35.5. The van der Waals surface area contributed by atoms with Crippen LogP contribution in [0.5, 0.6) is 0 Å². The maximum absolute atomic E-state index is 13.3. The fourth-order valence-corrected chi connectivity index (χ4v) is 4.72. The Bertz CT molecular complexity index is 1110. The third kappa shape index (κ3) is 4.76. The van der Waals surface area contributed by atoms with Gasteiger partial charge in [-0.1, -0.05) is 53.5 Å². The Morgan fingerprint density at radius 3 is 2.42 bits per heavy atom. The van der Waals surface area contributed by atoms with E-state index in [1.54, 1.807) is 12.1 Å². The van der Waals surface area contributed by atoms with E-state index in [0.717, 1.165) is 21.8 Å². The number of nitrogens with one attached hydrogen (secondary N) is 1. The summed E-state index contributed by atoms with van der Waals surface area (Å²) < 4.78 is 11.1. The van der Waals surface area contributed by atoms with Gasteiger partial charge in [-0.15, -0.1) is 11.3 Å². The molecular formula is C22H17Cl2NO5S. The molecule has 2 N–H and O–H groups in total. The molecule has 2 aromatic carbocycles. The van der Waals surface area contributed by atoms with Crippen LogP contribution in [0.2, 0.25) is 10.0 Å². The number of hydrogen-bond donors (Lipinski definition) is 2. The van der Waals surface area contributed by atoms with Crippen molar-refractivity contribution in [2.75, 3.05) is 18.5 Å². The monoisotopic (exact) mass is 477 g/mol. The molecule has 1 atom stereocenters. The summed E-state index contributed by atoms with van der Waals surface area (Å²) in [5.41, 5.74) is 1.41. The summed E-state index contributed by atoms with van der Waals surface area (Å²) in [5.74, 6) is -1.49. The number of anilines is 1. The number of Topliss-reactive ketones (excluding diaryl/α,β-unsaturated/α-hetero) is 1. The highest BCUT2D eigenvalue weighted by molar-refractivity contribution is 7.18. The highest BCUT2D eigenvalue weighted by Gasteiger charge is 2.35. The molecular weight excluding hydrogens is 461 g/mol. The van der Waals surface area contributed by atoms with Crippen LogP contribution in [0.15, 0.2) is 54.6 Å². The van der Waals surface area contributed by atoms with Crippen molar-refractivity contribution in [2.24, 2.45) is 0 Å². The quantitative estimate of drug-likeness (QED) is 0.439. The molecule has 3 aromatic rings. The predicted molar refractivity (Wildman–Crippen MR) is 121 cm³/mol. The van der Waals surface area contributed by atoms with E-state index >= 15 is 0 Å². The lowest BCUT2D eigenvalue weighted by atomic mass is 10.0. The molecule has 1 aromatic heterocycles. The number of benzene rings is 2. The zero-order valence-corrected chi connectivity index (χ0v) is 18.3. The Morgan fingerprint density at radius 1 is 1.06 bits per heavy atom. The first-order valence-corrected chi connectivity index (χ1v) is 10.9. The molecule has 1 unspecified atom stereocenters. The van der Waals surface area contributed by atoms with E-state index in [0.29, 0.717) is 23.9 Å². The summed E-state index contributed by atoms with van der Waals surface area (Å²) in [7, 11) is 0. The number of rotatable bonds is 7. The van der Waals surface area contributed by atoms with Gasteiger partial charge in [0.25, 0.3) is 0 Å². The van der Waals surface area contributed by atoms with Crippen LogP contribution in [0, 0.1) is 0 Å². The second-order valence-corrected chi connectivity index (χ2v) is 8.64. The van der Waals surface area contributed by atoms with E-state index < -0.39 is 24.1 Å². The van der Waals surface area contributed by atoms with Crippen molar-refractivity contribution in [2.45, 2.75) is 12.3 Å². The summed E-state index contributed by atoms with van der Waals surface area (Å²) in [6.07, 6.45) is -0.888. The minimum absolute atomic E-state index is 0.0804. The van der Waals surface area contributed by atoms with Gasteiger partial charge in [0.2, 0.25) is 0 Å². The van der Waals surface area contributed by atoms with Gasteiger partial charge in [-0.2, -0.15) is 0 Å². The summed E-state index contributed by atoms with van der Waals surface area (Å²) in [4.78, 5) is 26.1. The SMILES string of the molecule is O=C(O)c1sc(-c2ccccc2)cc1NC(C(=O)c1ccc(Cl)cc1Cl)C1OCCO1. The summed E-state index contributed by atoms with van der Waals surface area (Å²) in [6, 6.07) is 14.7. The maximum Gasteiger partial charge on any atom is 0.348 e. The Kier molecular flexibility index (Phi) is 6.60. The standard InChI is InChI=1S/C22H17Cl2NO5S/c23-13-6-7-14(15(24)10-13)19(26)18(22-29-8-9-30-22)25-16-11-17(31-20(16)21(27)28)12-4-2-1-3-5-12/h1-7,10-11,18,22,25H,8-9H2,(H,27,28). The lowest BCUT2D eigenvalue weighted by Gasteiger charge is -2.23. The van der Waals surface area contributed by atoms with Crippen molar-refractivity contribution in [3.05, 3.63) is 75.1 Å². The van der Waals surface area contributed by atoms with Crippen LogP contribution >= 0.6 is 34.5 Å². The molecule has 0 radical (unpaired) electrons. The Balaban J connectivity index is 1.71. The van der Waals surface area contributed by atoms with E-state index in [-0.39, 0.29) is 15.5 Å². The average molecular weight is 478 g/mol. The van der Waals surface area contributed by atoms with Gasteiger partial charge in [0, 0.05) is 15.5 Å². The average Bonchev–Trinajstić information content (AvgIpc) is 3.42. The number of ketones is 1. The van der Waals surface area contributed by atoms with Crippen molar-refractivity contribution < 1.29 is 24.2 Å². The lowest BCUT2D eigenvalue weighted by Crippen LogP contribution is -2.41.